The molecule has 102 valence electrons. The second-order valence-corrected chi connectivity index (χ2v) is 5.32. The van der Waals surface area contributed by atoms with Gasteiger partial charge in [0.05, 0.1) is 6.10 Å². The molecule has 0 saturated carbocycles. The van der Waals surface area contributed by atoms with Crippen LogP contribution in [0.25, 0.3) is 6.08 Å². The highest BCUT2D eigenvalue weighted by Crippen LogP contribution is 2.20. The van der Waals surface area contributed by atoms with Gasteiger partial charge in [-0.25, -0.2) is 0 Å². The normalized spacial score (nSPS) is 21.0. The molecule has 3 heteroatoms. The van der Waals surface area contributed by atoms with Crippen molar-refractivity contribution in [3.05, 3.63) is 41.5 Å². The summed E-state index contributed by atoms with van der Waals surface area (Å²) in [7, 11) is 0. The molecule has 0 aliphatic carbocycles. The van der Waals surface area contributed by atoms with Crippen molar-refractivity contribution in [1.29, 1.82) is 0 Å². The molecule has 1 heterocycles. The lowest BCUT2D eigenvalue weighted by Gasteiger charge is -2.15. The van der Waals surface area contributed by atoms with E-state index in [-0.39, 0.29) is 17.9 Å². The topological polar surface area (TPSA) is 40.5 Å². The Balaban J connectivity index is 1.93. The molecule has 1 saturated heterocycles. The van der Waals surface area contributed by atoms with Crippen LogP contribution in [0.5, 0.6) is 0 Å². The minimum Gasteiger partial charge on any atom is -0.393 e. The van der Waals surface area contributed by atoms with Gasteiger partial charge in [0.1, 0.15) is 0 Å². The van der Waals surface area contributed by atoms with E-state index < -0.39 is 0 Å². The third-order valence-electron chi connectivity index (χ3n) is 3.71. The summed E-state index contributed by atoms with van der Waals surface area (Å²) in [4.78, 5) is 13.8. The fraction of sp³-hybridized carbons (Fsp3) is 0.438. The summed E-state index contributed by atoms with van der Waals surface area (Å²) in [5, 5.41) is 9.53. The fourth-order valence-electron chi connectivity index (χ4n) is 2.33. The third-order valence-corrected chi connectivity index (χ3v) is 3.71. The molecular formula is C16H21NO2. The van der Waals surface area contributed by atoms with E-state index in [1.807, 2.05) is 42.2 Å². The lowest BCUT2D eigenvalue weighted by molar-refractivity contribution is -0.125. The molecule has 3 nitrogen and oxygen atoms in total. The molecule has 1 aromatic rings. The van der Waals surface area contributed by atoms with Crippen LogP contribution >= 0.6 is 0 Å². The van der Waals surface area contributed by atoms with E-state index in [9.17, 15) is 9.90 Å². The van der Waals surface area contributed by atoms with Crippen molar-refractivity contribution in [2.24, 2.45) is 5.92 Å². The van der Waals surface area contributed by atoms with E-state index >= 15 is 0 Å². The Hall–Kier alpha value is -1.61. The van der Waals surface area contributed by atoms with Crippen LogP contribution in [0.1, 0.15) is 24.5 Å². The molecule has 2 rings (SSSR count). The molecule has 1 aliphatic rings. The third kappa shape index (κ3) is 3.67. The van der Waals surface area contributed by atoms with Crippen LogP contribution in [0, 0.1) is 12.8 Å². The minimum atomic E-state index is -0.334. The van der Waals surface area contributed by atoms with Crippen molar-refractivity contribution in [2.45, 2.75) is 26.4 Å². The van der Waals surface area contributed by atoms with E-state index in [2.05, 4.69) is 0 Å². The summed E-state index contributed by atoms with van der Waals surface area (Å²) >= 11 is 0. The van der Waals surface area contributed by atoms with Crippen molar-refractivity contribution >= 4 is 12.0 Å². The number of carbonyl (C=O) groups excluding carboxylic acids is 1. The quantitative estimate of drug-likeness (QED) is 0.846. The van der Waals surface area contributed by atoms with Crippen molar-refractivity contribution < 1.29 is 9.90 Å². The maximum atomic E-state index is 12.0. The Morgan fingerprint density at radius 3 is 2.68 bits per heavy atom. The zero-order valence-corrected chi connectivity index (χ0v) is 11.5. The Kier molecular flexibility index (Phi) is 4.38. The van der Waals surface area contributed by atoms with E-state index in [0.29, 0.717) is 6.54 Å². The number of hydrogen-bond acceptors (Lipinski definition) is 2. The van der Waals surface area contributed by atoms with Gasteiger partial charge in [-0.3, -0.25) is 4.79 Å². The van der Waals surface area contributed by atoms with Gasteiger partial charge in [0.25, 0.3) is 0 Å². The number of carbonyl (C=O) groups is 1. The zero-order valence-electron chi connectivity index (χ0n) is 11.5. The molecule has 2 atom stereocenters. The molecule has 1 amide bonds. The van der Waals surface area contributed by atoms with E-state index in [1.165, 1.54) is 5.56 Å². The SMILES string of the molecule is Cc1ccc(/C=C/C(=O)N2CCC(C(C)O)C2)cc1. The molecule has 0 spiro atoms. The number of likely N-dealkylation sites (tertiary alicyclic amines) is 1. The first kappa shape index (κ1) is 13.8. The maximum Gasteiger partial charge on any atom is 0.246 e. The minimum absolute atomic E-state index is 0.0312. The standard InChI is InChI=1S/C16H21NO2/c1-12-3-5-14(6-4-12)7-8-16(19)17-10-9-15(11-17)13(2)18/h3-8,13,15,18H,9-11H2,1-2H3/b8-7+. The summed E-state index contributed by atoms with van der Waals surface area (Å²) in [6.07, 6.45) is 4.02. The average Bonchev–Trinajstić information content (AvgIpc) is 2.87. The molecule has 1 fully saturated rings. The first-order valence-corrected chi connectivity index (χ1v) is 6.78. The zero-order chi connectivity index (χ0) is 13.8. The lowest BCUT2D eigenvalue weighted by Crippen LogP contribution is -2.28. The van der Waals surface area contributed by atoms with Gasteiger partial charge in [0, 0.05) is 25.1 Å². The first-order chi connectivity index (χ1) is 9.06. The van der Waals surface area contributed by atoms with Crippen LogP contribution in [0.3, 0.4) is 0 Å². The number of benzene rings is 1. The van der Waals surface area contributed by atoms with Gasteiger partial charge in [-0.1, -0.05) is 29.8 Å². The van der Waals surface area contributed by atoms with E-state index in [4.69, 9.17) is 0 Å². The number of amides is 1. The molecule has 19 heavy (non-hydrogen) atoms. The predicted molar refractivity (Wildman–Crippen MR) is 76.6 cm³/mol. The fourth-order valence-corrected chi connectivity index (χ4v) is 2.33. The predicted octanol–water partition coefficient (Wildman–Crippen LogP) is 2.24. The Morgan fingerprint density at radius 1 is 1.42 bits per heavy atom. The van der Waals surface area contributed by atoms with Gasteiger partial charge >= 0.3 is 0 Å². The molecule has 0 bridgehead atoms. The molecule has 1 N–H and O–H groups in total. The number of aliphatic hydroxyl groups is 1. The van der Waals surface area contributed by atoms with Crippen molar-refractivity contribution in [3.8, 4) is 0 Å². The first-order valence-electron chi connectivity index (χ1n) is 6.78. The molecule has 0 aromatic heterocycles. The average molecular weight is 259 g/mol. The molecule has 2 unspecified atom stereocenters. The number of aliphatic hydroxyl groups excluding tert-OH is 1. The smallest absolute Gasteiger partial charge is 0.246 e. The van der Waals surface area contributed by atoms with Crippen molar-refractivity contribution in [1.82, 2.24) is 4.90 Å². The van der Waals surface area contributed by atoms with Gasteiger partial charge in [0.2, 0.25) is 5.91 Å². The maximum absolute atomic E-state index is 12.0. The summed E-state index contributed by atoms with van der Waals surface area (Å²) in [5.74, 6) is 0.250. The van der Waals surface area contributed by atoms with E-state index in [1.54, 1.807) is 13.0 Å². The van der Waals surface area contributed by atoms with Gasteiger partial charge in [-0.15, -0.1) is 0 Å². The highest BCUT2D eigenvalue weighted by Gasteiger charge is 2.27. The van der Waals surface area contributed by atoms with Crippen LogP contribution in [-0.2, 0) is 4.79 Å². The Bertz CT molecular complexity index is 462. The van der Waals surface area contributed by atoms with Crippen molar-refractivity contribution in [2.75, 3.05) is 13.1 Å². The van der Waals surface area contributed by atoms with Gasteiger partial charge < -0.3 is 10.0 Å². The molecular weight excluding hydrogens is 238 g/mol. The molecule has 1 aliphatic heterocycles. The Morgan fingerprint density at radius 2 is 2.11 bits per heavy atom. The summed E-state index contributed by atoms with van der Waals surface area (Å²) in [5.41, 5.74) is 2.24. The van der Waals surface area contributed by atoms with Gasteiger partial charge in [-0.2, -0.15) is 0 Å². The number of rotatable bonds is 3. The Labute approximate surface area is 114 Å². The van der Waals surface area contributed by atoms with Crippen molar-refractivity contribution in [3.63, 3.8) is 0 Å². The number of nitrogens with zero attached hydrogens (tertiary/aromatic N) is 1. The van der Waals surface area contributed by atoms with Crippen LogP contribution < -0.4 is 0 Å². The van der Waals surface area contributed by atoms with Gasteiger partial charge in [0.15, 0.2) is 0 Å². The van der Waals surface area contributed by atoms with Crippen LogP contribution in [-0.4, -0.2) is 35.1 Å². The van der Waals surface area contributed by atoms with Crippen LogP contribution in [0.2, 0.25) is 0 Å². The highest BCUT2D eigenvalue weighted by atomic mass is 16.3. The molecule has 0 radical (unpaired) electrons. The monoisotopic (exact) mass is 259 g/mol. The summed E-state index contributed by atoms with van der Waals surface area (Å²) in [6, 6.07) is 8.07. The van der Waals surface area contributed by atoms with Crippen LogP contribution in [0.4, 0.5) is 0 Å². The summed E-state index contributed by atoms with van der Waals surface area (Å²) in [6.45, 7) is 5.24. The second-order valence-electron chi connectivity index (χ2n) is 5.32. The van der Waals surface area contributed by atoms with Gasteiger partial charge in [-0.05, 0) is 31.9 Å². The largest absolute Gasteiger partial charge is 0.393 e. The highest BCUT2D eigenvalue weighted by molar-refractivity contribution is 5.91. The lowest BCUT2D eigenvalue weighted by atomic mass is 10.0. The molecule has 1 aromatic carbocycles. The number of aryl methyl sites for hydroxylation is 1. The van der Waals surface area contributed by atoms with Crippen LogP contribution in [0.15, 0.2) is 30.3 Å². The van der Waals surface area contributed by atoms with E-state index in [0.717, 1.165) is 18.5 Å². The number of hydrogen-bond donors (Lipinski definition) is 1. The second kappa shape index (κ2) is 6.02. The summed E-state index contributed by atoms with van der Waals surface area (Å²) < 4.78 is 0.